The van der Waals surface area contributed by atoms with Crippen LogP contribution in [0.1, 0.15) is 34.3 Å². The lowest BCUT2D eigenvalue weighted by molar-refractivity contribution is -0.140. The van der Waals surface area contributed by atoms with Crippen LogP contribution in [-0.4, -0.2) is 35.9 Å². The van der Waals surface area contributed by atoms with Gasteiger partial charge in [-0.2, -0.15) is 0 Å². The van der Waals surface area contributed by atoms with E-state index in [0.29, 0.717) is 28.6 Å². The summed E-state index contributed by atoms with van der Waals surface area (Å²) < 4.78 is 16.4. The average molecular weight is 447 g/mol. The molecule has 0 spiro atoms. The Hall–Kier alpha value is -4.00. The molecule has 33 heavy (non-hydrogen) atoms. The summed E-state index contributed by atoms with van der Waals surface area (Å²) in [6, 6.07) is 15.1. The van der Waals surface area contributed by atoms with Crippen LogP contribution in [0.2, 0.25) is 0 Å². The van der Waals surface area contributed by atoms with E-state index in [1.165, 1.54) is 12.0 Å². The van der Waals surface area contributed by atoms with Gasteiger partial charge in [0, 0.05) is 6.54 Å². The third-order valence-corrected chi connectivity index (χ3v) is 5.69. The fraction of sp³-hybridized carbons (Fsp3) is 0.231. The van der Waals surface area contributed by atoms with Gasteiger partial charge in [-0.05, 0) is 55.8 Å². The maximum atomic E-state index is 13.2. The number of rotatable bonds is 6. The zero-order valence-corrected chi connectivity index (χ0v) is 18.9. The van der Waals surface area contributed by atoms with Crippen molar-refractivity contribution in [1.29, 1.82) is 0 Å². The molecule has 2 aromatic carbocycles. The van der Waals surface area contributed by atoms with Gasteiger partial charge in [-0.15, -0.1) is 0 Å². The van der Waals surface area contributed by atoms with Crippen LogP contribution >= 0.6 is 0 Å². The molecule has 1 atom stereocenters. The van der Waals surface area contributed by atoms with Gasteiger partial charge in [-0.1, -0.05) is 23.8 Å². The van der Waals surface area contributed by atoms with Gasteiger partial charge in [0.1, 0.15) is 34.8 Å². The van der Waals surface area contributed by atoms with Gasteiger partial charge >= 0.3 is 0 Å². The summed E-state index contributed by atoms with van der Waals surface area (Å²) in [6.45, 7) is 3.80. The van der Waals surface area contributed by atoms with Crippen LogP contribution in [0, 0.1) is 13.8 Å². The van der Waals surface area contributed by atoms with Gasteiger partial charge in [0.25, 0.3) is 11.7 Å². The van der Waals surface area contributed by atoms with E-state index < -0.39 is 17.7 Å². The summed E-state index contributed by atoms with van der Waals surface area (Å²) in [5.41, 5.74) is 1.98. The first kappa shape index (κ1) is 22.2. The highest BCUT2D eigenvalue weighted by Gasteiger charge is 2.47. The molecular formula is C26H25NO6. The number of hydrogen-bond donors (Lipinski definition) is 1. The number of furan rings is 1. The average Bonchev–Trinajstić information content (AvgIpc) is 3.35. The van der Waals surface area contributed by atoms with Crippen LogP contribution in [0.25, 0.3) is 5.76 Å². The van der Waals surface area contributed by atoms with Crippen molar-refractivity contribution in [2.75, 3.05) is 14.2 Å². The molecule has 7 heteroatoms. The Morgan fingerprint density at radius 3 is 2.33 bits per heavy atom. The molecule has 4 rings (SSSR count). The molecule has 3 aromatic rings. The lowest BCUT2D eigenvalue weighted by Gasteiger charge is -2.23. The molecule has 1 N–H and O–H groups in total. The fourth-order valence-electron chi connectivity index (χ4n) is 4.02. The van der Waals surface area contributed by atoms with E-state index in [4.69, 9.17) is 13.9 Å². The lowest BCUT2D eigenvalue weighted by Crippen LogP contribution is -2.29. The normalized spacial score (nSPS) is 17.5. The molecule has 7 nitrogen and oxygen atoms in total. The monoisotopic (exact) mass is 447 g/mol. The quantitative estimate of drug-likeness (QED) is 0.339. The molecule has 1 fully saturated rings. The largest absolute Gasteiger partial charge is 0.507 e. The van der Waals surface area contributed by atoms with E-state index in [0.717, 1.165) is 11.1 Å². The standard InChI is InChI=1S/C26H25NO6/c1-15-5-11-20(32-4)19(13-15)24(28)22-23(21-12-6-16(2)33-21)27(26(30)25(22)29)14-17-7-9-18(31-3)10-8-17/h5-13,23,28H,14H2,1-4H3/b24-22+. The van der Waals surface area contributed by atoms with Gasteiger partial charge in [-0.3, -0.25) is 9.59 Å². The molecule has 1 saturated heterocycles. The predicted molar refractivity (Wildman–Crippen MR) is 122 cm³/mol. The van der Waals surface area contributed by atoms with E-state index in [2.05, 4.69) is 0 Å². The van der Waals surface area contributed by atoms with Gasteiger partial charge in [0.15, 0.2) is 0 Å². The number of likely N-dealkylation sites (tertiary alicyclic amines) is 1. The molecule has 0 bridgehead atoms. The van der Waals surface area contributed by atoms with Crippen molar-refractivity contribution in [2.24, 2.45) is 0 Å². The highest BCUT2D eigenvalue weighted by molar-refractivity contribution is 6.46. The summed E-state index contributed by atoms with van der Waals surface area (Å²) in [7, 11) is 3.06. The minimum Gasteiger partial charge on any atom is -0.507 e. The molecular weight excluding hydrogens is 422 g/mol. The van der Waals surface area contributed by atoms with Crippen LogP contribution in [0.15, 0.2) is 64.6 Å². The number of methoxy groups -OCH3 is 2. The molecule has 1 amide bonds. The highest BCUT2D eigenvalue weighted by atomic mass is 16.5. The maximum Gasteiger partial charge on any atom is 0.296 e. The number of aliphatic hydroxyl groups is 1. The number of aryl methyl sites for hydroxylation is 2. The number of amides is 1. The Kier molecular flexibility index (Phi) is 5.96. The third-order valence-electron chi connectivity index (χ3n) is 5.69. The molecule has 2 heterocycles. The smallest absolute Gasteiger partial charge is 0.296 e. The number of nitrogens with zero attached hydrogens (tertiary/aromatic N) is 1. The van der Waals surface area contributed by atoms with Crippen LogP contribution in [0.4, 0.5) is 0 Å². The number of ketones is 1. The second kappa shape index (κ2) is 8.86. The Morgan fingerprint density at radius 1 is 1.00 bits per heavy atom. The molecule has 0 saturated carbocycles. The Bertz CT molecular complexity index is 1240. The predicted octanol–water partition coefficient (Wildman–Crippen LogP) is 4.54. The van der Waals surface area contributed by atoms with E-state index >= 15 is 0 Å². The van der Waals surface area contributed by atoms with Crippen molar-refractivity contribution in [3.8, 4) is 11.5 Å². The zero-order chi connectivity index (χ0) is 23.7. The van der Waals surface area contributed by atoms with Crippen molar-refractivity contribution in [1.82, 2.24) is 4.90 Å². The van der Waals surface area contributed by atoms with E-state index in [1.807, 2.05) is 25.1 Å². The highest BCUT2D eigenvalue weighted by Crippen LogP contribution is 2.42. The molecule has 1 unspecified atom stereocenters. The minimum atomic E-state index is -0.883. The molecule has 170 valence electrons. The maximum absolute atomic E-state index is 13.2. The molecule has 1 aliphatic heterocycles. The summed E-state index contributed by atoms with van der Waals surface area (Å²) in [6.07, 6.45) is 0. The Labute approximate surface area is 191 Å². The summed E-state index contributed by atoms with van der Waals surface area (Å²) >= 11 is 0. The minimum absolute atomic E-state index is 0.0354. The topological polar surface area (TPSA) is 89.2 Å². The van der Waals surface area contributed by atoms with Crippen molar-refractivity contribution in [2.45, 2.75) is 26.4 Å². The van der Waals surface area contributed by atoms with Crippen LogP contribution < -0.4 is 9.47 Å². The molecule has 1 aliphatic rings. The fourth-order valence-corrected chi connectivity index (χ4v) is 4.02. The summed E-state index contributed by atoms with van der Waals surface area (Å²) in [5.74, 6) is 0.327. The Morgan fingerprint density at radius 2 is 1.73 bits per heavy atom. The van der Waals surface area contributed by atoms with Gasteiger partial charge in [0.2, 0.25) is 0 Å². The van der Waals surface area contributed by atoms with E-state index in [9.17, 15) is 14.7 Å². The van der Waals surface area contributed by atoms with Crippen LogP contribution in [-0.2, 0) is 16.1 Å². The SMILES string of the molecule is COc1ccc(CN2C(=O)C(=O)/C(=C(/O)c3cc(C)ccc3OC)C2c2ccc(C)o2)cc1. The number of hydrogen-bond acceptors (Lipinski definition) is 6. The first-order valence-electron chi connectivity index (χ1n) is 10.5. The first-order valence-corrected chi connectivity index (χ1v) is 10.5. The van der Waals surface area contributed by atoms with Gasteiger partial charge < -0.3 is 23.9 Å². The first-order chi connectivity index (χ1) is 15.8. The van der Waals surface area contributed by atoms with Crippen LogP contribution in [0.3, 0.4) is 0 Å². The third kappa shape index (κ3) is 4.09. The van der Waals surface area contributed by atoms with E-state index in [1.54, 1.807) is 50.4 Å². The second-order valence-corrected chi connectivity index (χ2v) is 7.93. The number of benzene rings is 2. The van der Waals surface area contributed by atoms with Crippen molar-refractivity contribution < 1.29 is 28.6 Å². The Balaban J connectivity index is 1.85. The number of aliphatic hydroxyl groups excluding tert-OH is 1. The zero-order valence-electron chi connectivity index (χ0n) is 18.9. The molecule has 0 radical (unpaired) electrons. The van der Waals surface area contributed by atoms with Crippen molar-refractivity contribution >= 4 is 17.4 Å². The number of carbonyl (C=O) groups excluding carboxylic acids is 2. The second-order valence-electron chi connectivity index (χ2n) is 7.93. The van der Waals surface area contributed by atoms with Crippen LogP contribution in [0.5, 0.6) is 11.5 Å². The van der Waals surface area contributed by atoms with E-state index in [-0.39, 0.29) is 17.9 Å². The number of Topliss-reactive ketones (excluding diaryl/α,β-unsaturated/α-hetero) is 1. The van der Waals surface area contributed by atoms with Gasteiger partial charge in [-0.25, -0.2) is 0 Å². The summed E-state index contributed by atoms with van der Waals surface area (Å²) in [4.78, 5) is 27.7. The van der Waals surface area contributed by atoms with Crippen molar-refractivity contribution in [3.05, 3.63) is 88.4 Å². The lowest BCUT2D eigenvalue weighted by atomic mass is 9.97. The van der Waals surface area contributed by atoms with Gasteiger partial charge in [0.05, 0.1) is 25.4 Å². The molecule has 0 aliphatic carbocycles. The molecule has 1 aromatic heterocycles. The number of ether oxygens (including phenoxy) is 2. The summed E-state index contributed by atoms with van der Waals surface area (Å²) in [5, 5.41) is 11.3. The number of carbonyl (C=O) groups is 2. The van der Waals surface area contributed by atoms with Crippen molar-refractivity contribution in [3.63, 3.8) is 0 Å².